The van der Waals surface area contributed by atoms with E-state index in [1.54, 1.807) is 6.20 Å². The van der Waals surface area contributed by atoms with E-state index in [1.165, 1.54) is 5.56 Å². The molecule has 0 bridgehead atoms. The SMILES string of the molecule is CN(C)Cc1ccc(C(=O)NCc2nc3ncccc3[nH]2)cc1. The van der Waals surface area contributed by atoms with E-state index in [4.69, 9.17) is 0 Å². The van der Waals surface area contributed by atoms with E-state index in [2.05, 4.69) is 25.2 Å². The Morgan fingerprint density at radius 2 is 2.00 bits per heavy atom. The summed E-state index contributed by atoms with van der Waals surface area (Å²) in [5.41, 5.74) is 3.34. The van der Waals surface area contributed by atoms with Crippen LogP contribution in [-0.4, -0.2) is 39.9 Å². The fourth-order valence-electron chi connectivity index (χ4n) is 2.37. The summed E-state index contributed by atoms with van der Waals surface area (Å²) >= 11 is 0. The molecule has 1 aromatic carbocycles. The third-order valence-corrected chi connectivity index (χ3v) is 3.44. The highest BCUT2D eigenvalue weighted by molar-refractivity contribution is 5.94. The molecule has 2 N–H and O–H groups in total. The van der Waals surface area contributed by atoms with Gasteiger partial charge in [-0.25, -0.2) is 9.97 Å². The largest absolute Gasteiger partial charge is 0.345 e. The zero-order chi connectivity index (χ0) is 16.2. The van der Waals surface area contributed by atoms with E-state index in [0.717, 1.165) is 12.1 Å². The lowest BCUT2D eigenvalue weighted by atomic mass is 10.1. The quantitative estimate of drug-likeness (QED) is 0.755. The fraction of sp³-hybridized carbons (Fsp3) is 0.235. The molecular formula is C17H19N5O. The number of amides is 1. The van der Waals surface area contributed by atoms with Gasteiger partial charge in [0, 0.05) is 18.3 Å². The van der Waals surface area contributed by atoms with Gasteiger partial charge in [0.05, 0.1) is 12.1 Å². The highest BCUT2D eigenvalue weighted by atomic mass is 16.1. The van der Waals surface area contributed by atoms with Crippen molar-refractivity contribution in [2.75, 3.05) is 14.1 Å². The third-order valence-electron chi connectivity index (χ3n) is 3.44. The summed E-state index contributed by atoms with van der Waals surface area (Å²) in [5.74, 6) is 0.575. The van der Waals surface area contributed by atoms with Crippen molar-refractivity contribution in [2.24, 2.45) is 0 Å². The molecule has 3 rings (SSSR count). The van der Waals surface area contributed by atoms with Gasteiger partial charge in [-0.05, 0) is 43.9 Å². The Labute approximate surface area is 134 Å². The predicted molar refractivity (Wildman–Crippen MR) is 88.9 cm³/mol. The van der Waals surface area contributed by atoms with E-state index < -0.39 is 0 Å². The number of nitrogens with zero attached hydrogens (tertiary/aromatic N) is 3. The summed E-state index contributed by atoms with van der Waals surface area (Å²) in [4.78, 5) is 25.9. The molecule has 0 atom stereocenters. The van der Waals surface area contributed by atoms with Crippen molar-refractivity contribution in [2.45, 2.75) is 13.1 Å². The number of rotatable bonds is 5. The van der Waals surface area contributed by atoms with Crippen molar-refractivity contribution in [3.8, 4) is 0 Å². The number of aromatic nitrogens is 3. The molecule has 0 spiro atoms. The first-order valence-corrected chi connectivity index (χ1v) is 7.43. The summed E-state index contributed by atoms with van der Waals surface area (Å²) in [6, 6.07) is 11.4. The van der Waals surface area contributed by atoms with Gasteiger partial charge in [-0.1, -0.05) is 12.1 Å². The van der Waals surface area contributed by atoms with E-state index >= 15 is 0 Å². The van der Waals surface area contributed by atoms with Crippen LogP contribution in [0.4, 0.5) is 0 Å². The van der Waals surface area contributed by atoms with Crippen LogP contribution in [0.3, 0.4) is 0 Å². The minimum absolute atomic E-state index is 0.116. The Balaban J connectivity index is 1.62. The summed E-state index contributed by atoms with van der Waals surface area (Å²) in [7, 11) is 4.03. The highest BCUT2D eigenvalue weighted by Crippen LogP contribution is 2.08. The molecule has 0 unspecified atom stereocenters. The van der Waals surface area contributed by atoms with E-state index in [9.17, 15) is 4.79 Å². The summed E-state index contributed by atoms with van der Waals surface area (Å²) < 4.78 is 0. The van der Waals surface area contributed by atoms with Crippen molar-refractivity contribution < 1.29 is 4.79 Å². The van der Waals surface area contributed by atoms with Crippen LogP contribution in [0.25, 0.3) is 11.2 Å². The minimum atomic E-state index is -0.116. The normalized spacial score (nSPS) is 11.1. The summed E-state index contributed by atoms with van der Waals surface area (Å²) in [6.07, 6.45) is 1.70. The Morgan fingerprint density at radius 1 is 1.22 bits per heavy atom. The van der Waals surface area contributed by atoms with Gasteiger partial charge in [0.1, 0.15) is 5.82 Å². The van der Waals surface area contributed by atoms with E-state index in [-0.39, 0.29) is 5.91 Å². The second kappa shape index (κ2) is 6.58. The van der Waals surface area contributed by atoms with Gasteiger partial charge < -0.3 is 15.2 Å². The Morgan fingerprint density at radius 3 is 2.70 bits per heavy atom. The first kappa shape index (κ1) is 15.2. The van der Waals surface area contributed by atoms with Crippen LogP contribution >= 0.6 is 0 Å². The number of benzene rings is 1. The molecule has 6 nitrogen and oxygen atoms in total. The third kappa shape index (κ3) is 3.73. The van der Waals surface area contributed by atoms with Crippen molar-refractivity contribution in [3.05, 3.63) is 59.5 Å². The predicted octanol–water partition coefficient (Wildman–Crippen LogP) is 1.95. The number of nitrogens with one attached hydrogen (secondary N) is 2. The van der Waals surface area contributed by atoms with Crippen molar-refractivity contribution in [1.29, 1.82) is 0 Å². The highest BCUT2D eigenvalue weighted by Gasteiger charge is 2.08. The number of imidazole rings is 1. The molecule has 3 aromatic rings. The molecule has 1 amide bonds. The topological polar surface area (TPSA) is 73.9 Å². The Hall–Kier alpha value is -2.73. The van der Waals surface area contributed by atoms with Crippen LogP contribution in [0, 0.1) is 0 Å². The molecule has 0 radical (unpaired) electrons. The standard InChI is InChI=1S/C17H19N5O/c1-22(2)11-12-5-7-13(8-6-12)17(23)19-10-15-20-14-4-3-9-18-16(14)21-15/h3-9H,10-11H2,1-2H3,(H,19,23)(H,18,20,21). The van der Waals surface area contributed by atoms with Crippen molar-refractivity contribution in [3.63, 3.8) is 0 Å². The van der Waals surface area contributed by atoms with Gasteiger partial charge in [0.15, 0.2) is 5.65 Å². The number of H-pyrrole nitrogens is 1. The van der Waals surface area contributed by atoms with Crippen molar-refractivity contribution >= 4 is 17.1 Å². The number of carbonyl (C=O) groups excluding carboxylic acids is 1. The molecule has 0 saturated carbocycles. The van der Waals surface area contributed by atoms with Gasteiger partial charge in [0.2, 0.25) is 0 Å². The van der Waals surface area contributed by atoms with E-state index in [1.807, 2.05) is 50.5 Å². The number of aromatic amines is 1. The zero-order valence-electron chi connectivity index (χ0n) is 13.2. The van der Waals surface area contributed by atoms with Crippen LogP contribution < -0.4 is 5.32 Å². The second-order valence-corrected chi connectivity index (χ2v) is 5.68. The second-order valence-electron chi connectivity index (χ2n) is 5.68. The number of fused-ring (bicyclic) bond motifs is 1. The lowest BCUT2D eigenvalue weighted by molar-refractivity contribution is 0.0950. The smallest absolute Gasteiger partial charge is 0.251 e. The maximum absolute atomic E-state index is 12.2. The number of hydrogen-bond acceptors (Lipinski definition) is 4. The maximum Gasteiger partial charge on any atom is 0.251 e. The Bertz CT molecular complexity index is 774. The first-order chi connectivity index (χ1) is 11.1. The molecule has 6 heteroatoms. The van der Waals surface area contributed by atoms with Gasteiger partial charge in [0.25, 0.3) is 5.91 Å². The monoisotopic (exact) mass is 309 g/mol. The van der Waals surface area contributed by atoms with Gasteiger partial charge >= 0.3 is 0 Å². The number of hydrogen-bond donors (Lipinski definition) is 2. The molecule has 0 aliphatic heterocycles. The lowest BCUT2D eigenvalue weighted by Crippen LogP contribution is -2.23. The Kier molecular flexibility index (Phi) is 4.34. The molecule has 0 aliphatic rings. The van der Waals surface area contributed by atoms with Crippen LogP contribution in [0.1, 0.15) is 21.7 Å². The molecule has 23 heavy (non-hydrogen) atoms. The lowest BCUT2D eigenvalue weighted by Gasteiger charge is -2.10. The molecule has 2 heterocycles. The van der Waals surface area contributed by atoms with Gasteiger partial charge in [-0.15, -0.1) is 0 Å². The summed E-state index contributed by atoms with van der Waals surface area (Å²) in [5, 5.41) is 2.87. The molecule has 118 valence electrons. The van der Waals surface area contributed by atoms with Crippen LogP contribution in [0.5, 0.6) is 0 Å². The number of pyridine rings is 1. The average molecular weight is 309 g/mol. The molecule has 0 saturated heterocycles. The number of carbonyl (C=O) groups is 1. The first-order valence-electron chi connectivity index (χ1n) is 7.43. The fourth-order valence-corrected chi connectivity index (χ4v) is 2.37. The van der Waals surface area contributed by atoms with Crippen molar-refractivity contribution in [1.82, 2.24) is 25.2 Å². The molecule has 0 fully saturated rings. The van der Waals surface area contributed by atoms with Crippen LogP contribution in [-0.2, 0) is 13.1 Å². The van der Waals surface area contributed by atoms with Crippen LogP contribution in [0.15, 0.2) is 42.6 Å². The molecule has 2 aromatic heterocycles. The van der Waals surface area contributed by atoms with Crippen LogP contribution in [0.2, 0.25) is 0 Å². The van der Waals surface area contributed by atoms with E-state index in [0.29, 0.717) is 23.6 Å². The summed E-state index contributed by atoms with van der Waals surface area (Å²) in [6.45, 7) is 1.20. The van der Waals surface area contributed by atoms with Gasteiger partial charge in [-0.3, -0.25) is 4.79 Å². The zero-order valence-corrected chi connectivity index (χ0v) is 13.2. The maximum atomic E-state index is 12.2. The minimum Gasteiger partial charge on any atom is -0.345 e. The molecule has 0 aliphatic carbocycles. The van der Waals surface area contributed by atoms with Gasteiger partial charge in [-0.2, -0.15) is 0 Å². The molecular weight excluding hydrogens is 290 g/mol. The average Bonchev–Trinajstić information content (AvgIpc) is 2.95.